The van der Waals surface area contributed by atoms with Gasteiger partial charge < -0.3 is 9.79 Å². The van der Waals surface area contributed by atoms with Crippen molar-refractivity contribution in [3.63, 3.8) is 0 Å². The number of carbonyl (C=O) groups excluding carboxylic acids is 1. The van der Waals surface area contributed by atoms with E-state index >= 15 is 0 Å². The van der Waals surface area contributed by atoms with Crippen molar-refractivity contribution in [1.29, 1.82) is 0 Å². The molecule has 0 aliphatic rings. The second kappa shape index (κ2) is 5.36. The van der Waals surface area contributed by atoms with Crippen LogP contribution in [0.3, 0.4) is 0 Å². The van der Waals surface area contributed by atoms with E-state index < -0.39 is 13.7 Å². The van der Waals surface area contributed by atoms with E-state index in [1.165, 1.54) is 24.3 Å². The smallest absolute Gasteiger partial charge is 0.308 e. The topological polar surface area (TPSA) is 77.8 Å². The summed E-state index contributed by atoms with van der Waals surface area (Å²) >= 11 is 0. The van der Waals surface area contributed by atoms with Gasteiger partial charge in [-0.05, 0) is 24.3 Å². The van der Waals surface area contributed by atoms with Crippen molar-refractivity contribution in [1.82, 2.24) is 0 Å². The van der Waals surface area contributed by atoms with Crippen molar-refractivity contribution < 1.29 is 19.1 Å². The van der Waals surface area contributed by atoms with Crippen molar-refractivity contribution in [3.8, 4) is 0 Å². The SMILES string of the molecule is O=C(c1ccccc1)N(c1ccccc1)P(=O)(O)O. The molecular weight excluding hydrogens is 265 g/mol. The third kappa shape index (κ3) is 3.09. The van der Waals surface area contributed by atoms with Crippen LogP contribution in [0.25, 0.3) is 0 Å². The maximum absolute atomic E-state index is 12.2. The number of rotatable bonds is 3. The minimum Gasteiger partial charge on any atom is -0.308 e. The Kier molecular flexibility index (Phi) is 3.81. The third-order valence-corrected chi connectivity index (χ3v) is 3.41. The Hall–Kier alpha value is -1.94. The number of para-hydroxylation sites is 1. The van der Waals surface area contributed by atoms with Crippen LogP contribution >= 0.6 is 7.75 Å². The lowest BCUT2D eigenvalue weighted by atomic mass is 10.2. The molecular formula is C13H12NO4P. The van der Waals surface area contributed by atoms with Crippen molar-refractivity contribution >= 4 is 19.3 Å². The summed E-state index contributed by atoms with van der Waals surface area (Å²) in [6.07, 6.45) is 0. The molecule has 2 aromatic rings. The molecule has 0 aliphatic carbocycles. The Labute approximate surface area is 110 Å². The molecule has 0 bridgehead atoms. The van der Waals surface area contributed by atoms with Gasteiger partial charge in [0.2, 0.25) is 0 Å². The van der Waals surface area contributed by atoms with Gasteiger partial charge >= 0.3 is 7.75 Å². The zero-order valence-electron chi connectivity index (χ0n) is 9.88. The Morgan fingerprint density at radius 1 is 0.895 bits per heavy atom. The second-order valence-corrected chi connectivity index (χ2v) is 5.26. The Balaban J connectivity index is 2.46. The normalized spacial score (nSPS) is 11.1. The molecule has 0 radical (unpaired) electrons. The zero-order chi connectivity index (χ0) is 13.9. The quantitative estimate of drug-likeness (QED) is 0.844. The van der Waals surface area contributed by atoms with Gasteiger partial charge in [0.1, 0.15) is 0 Å². The molecule has 0 aliphatic heterocycles. The van der Waals surface area contributed by atoms with Gasteiger partial charge in [-0.15, -0.1) is 0 Å². The molecule has 2 N–H and O–H groups in total. The van der Waals surface area contributed by atoms with Gasteiger partial charge in [0.15, 0.2) is 0 Å². The van der Waals surface area contributed by atoms with E-state index in [9.17, 15) is 19.1 Å². The van der Waals surface area contributed by atoms with E-state index in [1.54, 1.807) is 36.4 Å². The van der Waals surface area contributed by atoms with Crippen LogP contribution in [0.1, 0.15) is 10.4 Å². The van der Waals surface area contributed by atoms with Crippen LogP contribution in [0, 0.1) is 0 Å². The number of benzene rings is 2. The van der Waals surface area contributed by atoms with Gasteiger partial charge in [0.25, 0.3) is 5.91 Å². The predicted molar refractivity (Wildman–Crippen MR) is 71.7 cm³/mol. The van der Waals surface area contributed by atoms with Gasteiger partial charge in [-0.1, -0.05) is 36.4 Å². The molecule has 6 heteroatoms. The minimum atomic E-state index is -4.74. The summed E-state index contributed by atoms with van der Waals surface area (Å²) in [5, 5.41) is 0. The fourth-order valence-corrected chi connectivity index (χ4v) is 2.44. The van der Waals surface area contributed by atoms with E-state index in [2.05, 4.69) is 0 Å². The highest BCUT2D eigenvalue weighted by Crippen LogP contribution is 2.44. The van der Waals surface area contributed by atoms with Crippen LogP contribution < -0.4 is 4.67 Å². The van der Waals surface area contributed by atoms with Gasteiger partial charge in [-0.25, -0.2) is 9.24 Å². The van der Waals surface area contributed by atoms with Crippen LogP contribution in [0.4, 0.5) is 5.69 Å². The first-order valence-corrected chi connectivity index (χ1v) is 7.07. The molecule has 2 aromatic carbocycles. The Morgan fingerprint density at radius 3 is 1.84 bits per heavy atom. The number of anilines is 1. The van der Waals surface area contributed by atoms with Crippen LogP contribution in [-0.2, 0) is 4.57 Å². The maximum Gasteiger partial charge on any atom is 0.437 e. The van der Waals surface area contributed by atoms with Crippen LogP contribution in [0.5, 0.6) is 0 Å². The highest BCUT2D eigenvalue weighted by Gasteiger charge is 2.32. The second-order valence-electron chi connectivity index (χ2n) is 3.83. The molecule has 98 valence electrons. The Morgan fingerprint density at radius 2 is 1.37 bits per heavy atom. The molecule has 0 heterocycles. The number of nitrogens with zero attached hydrogens (tertiary/aromatic N) is 1. The summed E-state index contributed by atoms with van der Waals surface area (Å²) in [4.78, 5) is 31.0. The first-order valence-electron chi connectivity index (χ1n) is 5.51. The van der Waals surface area contributed by atoms with E-state index in [0.717, 1.165) is 0 Å². The summed E-state index contributed by atoms with van der Waals surface area (Å²) in [5.41, 5.74) is 0.374. The lowest BCUT2D eigenvalue weighted by molar-refractivity contribution is 0.0999. The number of amides is 1. The molecule has 0 saturated carbocycles. The molecule has 19 heavy (non-hydrogen) atoms. The lowest BCUT2D eigenvalue weighted by Crippen LogP contribution is -2.27. The first-order chi connectivity index (χ1) is 9.00. The average molecular weight is 277 g/mol. The summed E-state index contributed by atoms with van der Waals surface area (Å²) in [5.74, 6) is -0.736. The molecule has 5 nitrogen and oxygen atoms in total. The summed E-state index contributed by atoms with van der Waals surface area (Å²) in [7, 11) is -4.74. The van der Waals surface area contributed by atoms with Gasteiger partial charge in [0.05, 0.1) is 5.69 Å². The fourth-order valence-electron chi connectivity index (χ4n) is 1.66. The van der Waals surface area contributed by atoms with E-state index in [-0.39, 0.29) is 11.3 Å². The van der Waals surface area contributed by atoms with Crippen molar-refractivity contribution in [3.05, 3.63) is 66.2 Å². The first kappa shape index (κ1) is 13.5. The summed E-state index contributed by atoms with van der Waals surface area (Å²) in [6, 6.07) is 15.9. The summed E-state index contributed by atoms with van der Waals surface area (Å²) < 4.78 is 12.0. The minimum absolute atomic E-state index is 0.157. The molecule has 0 aromatic heterocycles. The van der Waals surface area contributed by atoms with E-state index in [1.807, 2.05) is 0 Å². The largest absolute Gasteiger partial charge is 0.437 e. The van der Waals surface area contributed by atoms with Crippen molar-refractivity contribution in [2.75, 3.05) is 4.67 Å². The standard InChI is InChI=1S/C13H12NO4P/c15-13(11-7-3-1-4-8-11)14(19(16,17)18)12-9-5-2-6-10-12/h1-10H,(H2,16,17,18). The molecule has 1 amide bonds. The Bertz CT molecular complexity index is 609. The lowest BCUT2D eigenvalue weighted by Gasteiger charge is -2.23. The highest BCUT2D eigenvalue weighted by atomic mass is 31.2. The van der Waals surface area contributed by atoms with Crippen molar-refractivity contribution in [2.45, 2.75) is 0 Å². The molecule has 0 saturated heterocycles. The number of hydrogen-bond donors (Lipinski definition) is 2. The zero-order valence-corrected chi connectivity index (χ0v) is 10.8. The molecule has 0 spiro atoms. The highest BCUT2D eigenvalue weighted by molar-refractivity contribution is 7.54. The van der Waals surface area contributed by atoms with Crippen LogP contribution in [0.15, 0.2) is 60.7 Å². The monoisotopic (exact) mass is 277 g/mol. The van der Waals surface area contributed by atoms with Gasteiger partial charge in [0, 0.05) is 5.56 Å². The van der Waals surface area contributed by atoms with Gasteiger partial charge in [-0.3, -0.25) is 4.79 Å². The van der Waals surface area contributed by atoms with Crippen LogP contribution in [0.2, 0.25) is 0 Å². The van der Waals surface area contributed by atoms with Gasteiger partial charge in [-0.2, -0.15) is 0 Å². The summed E-state index contributed by atoms with van der Waals surface area (Å²) in [6.45, 7) is 0. The maximum atomic E-state index is 12.2. The average Bonchev–Trinajstić information content (AvgIpc) is 2.39. The third-order valence-electron chi connectivity index (χ3n) is 2.47. The number of carbonyl (C=O) groups is 1. The molecule has 0 unspecified atom stereocenters. The molecule has 0 atom stereocenters. The van der Waals surface area contributed by atoms with Crippen molar-refractivity contribution in [2.24, 2.45) is 0 Å². The molecule has 0 fully saturated rings. The number of hydrogen-bond acceptors (Lipinski definition) is 2. The van der Waals surface area contributed by atoms with Crippen LogP contribution in [-0.4, -0.2) is 15.7 Å². The van der Waals surface area contributed by atoms with E-state index in [4.69, 9.17) is 0 Å². The molecule has 2 rings (SSSR count). The fraction of sp³-hybridized carbons (Fsp3) is 0. The van der Waals surface area contributed by atoms with E-state index in [0.29, 0.717) is 4.67 Å². The predicted octanol–water partition coefficient (Wildman–Crippen LogP) is 2.43.